The minimum Gasteiger partial charge on any atom is -0.481 e. The van der Waals surface area contributed by atoms with Gasteiger partial charge in [-0.2, -0.15) is 0 Å². The highest BCUT2D eigenvalue weighted by Crippen LogP contribution is 2.22. The Morgan fingerprint density at radius 2 is 1.86 bits per heavy atom. The number of carboxylic acid groups (broad SMARTS) is 1. The molecule has 0 spiro atoms. The SMILES string of the molecule is CC(CC(=O)O)NC(=O)c1ccc2c(c1)C(=O)N(C)C2=O. The predicted octanol–water partition coefficient (Wildman–Crippen LogP) is 0.505. The van der Waals surface area contributed by atoms with E-state index >= 15 is 0 Å². The molecule has 7 nitrogen and oxygen atoms in total. The highest BCUT2D eigenvalue weighted by atomic mass is 16.4. The summed E-state index contributed by atoms with van der Waals surface area (Å²) in [5.74, 6) is -2.36. The molecule has 1 unspecified atom stereocenters. The smallest absolute Gasteiger partial charge is 0.305 e. The van der Waals surface area contributed by atoms with Gasteiger partial charge in [-0.1, -0.05) is 0 Å². The van der Waals surface area contributed by atoms with Gasteiger partial charge in [0.2, 0.25) is 0 Å². The third-order valence-corrected chi connectivity index (χ3v) is 3.21. The van der Waals surface area contributed by atoms with Crippen molar-refractivity contribution in [3.8, 4) is 0 Å². The molecule has 1 aromatic carbocycles. The molecule has 1 aromatic rings. The van der Waals surface area contributed by atoms with Gasteiger partial charge in [-0.15, -0.1) is 0 Å². The topological polar surface area (TPSA) is 104 Å². The van der Waals surface area contributed by atoms with E-state index in [1.54, 1.807) is 6.92 Å². The molecular formula is C14H14N2O5. The van der Waals surface area contributed by atoms with Crippen LogP contribution >= 0.6 is 0 Å². The summed E-state index contributed by atoms with van der Waals surface area (Å²) in [4.78, 5) is 47.1. The molecule has 0 aliphatic carbocycles. The number of benzene rings is 1. The van der Waals surface area contributed by atoms with Crippen LogP contribution in [-0.4, -0.2) is 46.8 Å². The van der Waals surface area contributed by atoms with Crippen molar-refractivity contribution >= 4 is 23.7 Å². The first-order valence-corrected chi connectivity index (χ1v) is 6.30. The van der Waals surface area contributed by atoms with E-state index in [1.165, 1.54) is 25.2 Å². The van der Waals surface area contributed by atoms with Gasteiger partial charge in [0.1, 0.15) is 0 Å². The van der Waals surface area contributed by atoms with Crippen LogP contribution in [0, 0.1) is 0 Å². The van der Waals surface area contributed by atoms with Crippen molar-refractivity contribution in [1.82, 2.24) is 10.2 Å². The molecule has 0 aromatic heterocycles. The fraction of sp³-hybridized carbons (Fsp3) is 0.286. The molecule has 0 bridgehead atoms. The molecule has 7 heteroatoms. The van der Waals surface area contributed by atoms with Gasteiger partial charge in [-0.05, 0) is 25.1 Å². The van der Waals surface area contributed by atoms with E-state index in [-0.39, 0.29) is 23.1 Å². The summed E-state index contributed by atoms with van der Waals surface area (Å²) in [7, 11) is 1.37. The molecule has 1 aliphatic rings. The van der Waals surface area contributed by atoms with E-state index in [0.29, 0.717) is 0 Å². The summed E-state index contributed by atoms with van der Waals surface area (Å²) >= 11 is 0. The van der Waals surface area contributed by atoms with Crippen LogP contribution in [0.1, 0.15) is 44.4 Å². The molecule has 0 fully saturated rings. The molecule has 3 amide bonds. The Bertz CT molecular complexity index is 653. The van der Waals surface area contributed by atoms with Crippen molar-refractivity contribution in [2.75, 3.05) is 7.05 Å². The Kier molecular flexibility index (Phi) is 3.75. The van der Waals surface area contributed by atoms with Crippen LogP contribution in [0.15, 0.2) is 18.2 Å². The number of carbonyl (C=O) groups is 4. The van der Waals surface area contributed by atoms with E-state index in [2.05, 4.69) is 5.32 Å². The zero-order valence-electron chi connectivity index (χ0n) is 11.5. The first-order chi connectivity index (χ1) is 9.81. The Balaban J connectivity index is 2.20. The molecule has 0 radical (unpaired) electrons. The number of amides is 3. The van der Waals surface area contributed by atoms with Crippen molar-refractivity contribution in [2.24, 2.45) is 0 Å². The number of carboxylic acids is 1. The molecule has 2 rings (SSSR count). The zero-order chi connectivity index (χ0) is 15.7. The van der Waals surface area contributed by atoms with E-state index < -0.39 is 29.7 Å². The number of rotatable bonds is 4. The van der Waals surface area contributed by atoms with Crippen LogP contribution in [0.5, 0.6) is 0 Å². The number of nitrogens with zero attached hydrogens (tertiary/aromatic N) is 1. The normalized spacial score (nSPS) is 14.9. The standard InChI is InChI=1S/C14H14N2O5/c1-7(5-11(17)18)15-12(19)8-3-4-9-10(6-8)14(21)16(2)13(9)20/h3-4,6-7H,5H2,1-2H3,(H,15,19)(H,17,18). The van der Waals surface area contributed by atoms with E-state index in [9.17, 15) is 19.2 Å². The molecule has 2 N–H and O–H groups in total. The van der Waals surface area contributed by atoms with E-state index in [4.69, 9.17) is 5.11 Å². The summed E-state index contributed by atoms with van der Waals surface area (Å²) in [5.41, 5.74) is 0.654. The highest BCUT2D eigenvalue weighted by molar-refractivity contribution is 6.21. The lowest BCUT2D eigenvalue weighted by Crippen LogP contribution is -2.34. The minimum absolute atomic E-state index is 0.182. The molecule has 0 saturated carbocycles. The lowest BCUT2D eigenvalue weighted by molar-refractivity contribution is -0.137. The minimum atomic E-state index is -1.01. The quantitative estimate of drug-likeness (QED) is 0.786. The third kappa shape index (κ3) is 2.76. The summed E-state index contributed by atoms with van der Waals surface area (Å²) in [6, 6.07) is 3.67. The van der Waals surface area contributed by atoms with Gasteiger partial charge in [0.05, 0.1) is 17.5 Å². The molecule has 1 atom stereocenters. The molecule has 1 aliphatic heterocycles. The van der Waals surface area contributed by atoms with Crippen molar-refractivity contribution in [1.29, 1.82) is 0 Å². The van der Waals surface area contributed by atoms with Crippen LogP contribution in [-0.2, 0) is 4.79 Å². The number of hydrogen-bond acceptors (Lipinski definition) is 4. The number of hydrogen-bond donors (Lipinski definition) is 2. The van der Waals surface area contributed by atoms with Crippen molar-refractivity contribution < 1.29 is 24.3 Å². The zero-order valence-corrected chi connectivity index (χ0v) is 11.5. The molecule has 21 heavy (non-hydrogen) atoms. The van der Waals surface area contributed by atoms with Gasteiger partial charge in [-0.25, -0.2) is 0 Å². The first-order valence-electron chi connectivity index (χ1n) is 6.30. The second-order valence-electron chi connectivity index (χ2n) is 4.90. The van der Waals surface area contributed by atoms with Crippen LogP contribution in [0.2, 0.25) is 0 Å². The average Bonchev–Trinajstić information content (AvgIpc) is 2.62. The van der Waals surface area contributed by atoms with Crippen molar-refractivity contribution in [3.63, 3.8) is 0 Å². The van der Waals surface area contributed by atoms with Crippen LogP contribution < -0.4 is 5.32 Å². The number of aliphatic carboxylic acids is 1. The van der Waals surface area contributed by atoms with Crippen molar-refractivity contribution in [3.05, 3.63) is 34.9 Å². The Hall–Kier alpha value is -2.70. The molecule has 0 saturated heterocycles. The first kappa shape index (κ1) is 14.7. The Morgan fingerprint density at radius 3 is 2.48 bits per heavy atom. The lowest BCUT2D eigenvalue weighted by Gasteiger charge is -2.11. The van der Waals surface area contributed by atoms with E-state index in [1.807, 2.05) is 0 Å². The summed E-state index contributed by atoms with van der Waals surface area (Å²) in [5, 5.41) is 11.2. The Labute approximate surface area is 120 Å². The van der Waals surface area contributed by atoms with Crippen LogP contribution in [0.25, 0.3) is 0 Å². The molecule has 110 valence electrons. The summed E-state index contributed by atoms with van der Waals surface area (Å²) < 4.78 is 0. The predicted molar refractivity (Wildman–Crippen MR) is 72.0 cm³/mol. The number of carbonyl (C=O) groups excluding carboxylic acids is 3. The average molecular weight is 290 g/mol. The second kappa shape index (κ2) is 5.35. The maximum atomic E-state index is 12.0. The Morgan fingerprint density at radius 1 is 1.24 bits per heavy atom. The van der Waals surface area contributed by atoms with Gasteiger partial charge in [0, 0.05) is 18.7 Å². The maximum absolute atomic E-state index is 12.0. The summed E-state index contributed by atoms with van der Waals surface area (Å²) in [6.07, 6.45) is -0.198. The van der Waals surface area contributed by atoms with Gasteiger partial charge in [0.15, 0.2) is 0 Å². The second-order valence-corrected chi connectivity index (χ2v) is 4.90. The number of nitrogens with one attached hydrogen (secondary N) is 1. The number of imide groups is 1. The molecular weight excluding hydrogens is 276 g/mol. The summed E-state index contributed by atoms with van der Waals surface area (Å²) in [6.45, 7) is 1.57. The van der Waals surface area contributed by atoms with Gasteiger partial charge in [0.25, 0.3) is 17.7 Å². The van der Waals surface area contributed by atoms with Gasteiger partial charge >= 0.3 is 5.97 Å². The van der Waals surface area contributed by atoms with Crippen LogP contribution in [0.3, 0.4) is 0 Å². The lowest BCUT2D eigenvalue weighted by atomic mass is 10.0. The highest BCUT2D eigenvalue weighted by Gasteiger charge is 2.33. The largest absolute Gasteiger partial charge is 0.481 e. The van der Waals surface area contributed by atoms with E-state index in [0.717, 1.165) is 4.90 Å². The third-order valence-electron chi connectivity index (χ3n) is 3.21. The van der Waals surface area contributed by atoms with Crippen molar-refractivity contribution in [2.45, 2.75) is 19.4 Å². The molecule has 1 heterocycles. The fourth-order valence-electron chi connectivity index (χ4n) is 2.12. The van der Waals surface area contributed by atoms with Crippen LogP contribution in [0.4, 0.5) is 0 Å². The fourth-order valence-corrected chi connectivity index (χ4v) is 2.12. The number of fused-ring (bicyclic) bond motifs is 1. The van der Waals surface area contributed by atoms with Gasteiger partial charge < -0.3 is 10.4 Å². The maximum Gasteiger partial charge on any atom is 0.305 e. The monoisotopic (exact) mass is 290 g/mol. The van der Waals surface area contributed by atoms with Gasteiger partial charge in [-0.3, -0.25) is 24.1 Å².